The first kappa shape index (κ1) is 28.2. The largest absolute Gasteiger partial charge is 0.419 e. The van der Waals surface area contributed by atoms with Gasteiger partial charge in [-0.2, -0.15) is 18.3 Å². The Labute approximate surface area is 239 Å². The van der Waals surface area contributed by atoms with Crippen molar-refractivity contribution in [3.63, 3.8) is 0 Å². The van der Waals surface area contributed by atoms with Crippen molar-refractivity contribution in [1.82, 2.24) is 20.1 Å². The number of hydrogen-bond acceptors (Lipinski definition) is 5. The lowest BCUT2D eigenvalue weighted by molar-refractivity contribution is -0.140. The van der Waals surface area contributed by atoms with Crippen LogP contribution in [0.3, 0.4) is 0 Å². The SMILES string of the molecule is CC1=C(C(=O)Nc2ccc3cnccc3c2)C(c2ccc(C(F)(F)F)c(F)c2)n2nc(C(=O)NC3CC(F)(F)C3)cc2N1. The van der Waals surface area contributed by atoms with Crippen LogP contribution < -0.4 is 16.0 Å². The molecule has 4 aromatic rings. The molecule has 43 heavy (non-hydrogen) atoms. The first-order chi connectivity index (χ1) is 20.3. The summed E-state index contributed by atoms with van der Waals surface area (Å²) < 4.78 is 82.5. The highest BCUT2D eigenvalue weighted by molar-refractivity contribution is 6.07. The lowest BCUT2D eigenvalue weighted by Crippen LogP contribution is -2.50. The first-order valence-electron chi connectivity index (χ1n) is 13.1. The number of carbonyl (C=O) groups excluding carboxylic acids is 2. The number of nitrogens with one attached hydrogen (secondary N) is 3. The summed E-state index contributed by atoms with van der Waals surface area (Å²) in [5.41, 5.74) is -1.05. The topological polar surface area (TPSA) is 101 Å². The third-order valence-corrected chi connectivity index (χ3v) is 7.39. The number of carbonyl (C=O) groups is 2. The number of pyridine rings is 1. The van der Waals surface area contributed by atoms with E-state index in [0.717, 1.165) is 16.8 Å². The molecule has 0 bridgehead atoms. The molecule has 1 fully saturated rings. The molecule has 1 atom stereocenters. The summed E-state index contributed by atoms with van der Waals surface area (Å²) in [4.78, 5) is 30.6. The number of hydrogen-bond donors (Lipinski definition) is 3. The zero-order valence-electron chi connectivity index (χ0n) is 22.3. The number of halogens is 6. The number of fused-ring (bicyclic) bond motifs is 2. The third kappa shape index (κ3) is 5.40. The van der Waals surface area contributed by atoms with E-state index >= 15 is 0 Å². The molecule has 2 aromatic heterocycles. The number of allylic oxidation sites excluding steroid dienone is 1. The van der Waals surface area contributed by atoms with Crippen molar-refractivity contribution in [3.8, 4) is 0 Å². The molecular weight excluding hydrogens is 578 g/mol. The van der Waals surface area contributed by atoms with E-state index in [0.29, 0.717) is 17.8 Å². The third-order valence-electron chi connectivity index (χ3n) is 7.39. The van der Waals surface area contributed by atoms with Crippen molar-refractivity contribution in [1.29, 1.82) is 0 Å². The van der Waals surface area contributed by atoms with E-state index in [9.17, 15) is 35.9 Å². The number of aromatic nitrogens is 3. The Morgan fingerprint density at radius 2 is 1.79 bits per heavy atom. The number of rotatable bonds is 5. The minimum atomic E-state index is -4.95. The number of nitrogens with zero attached hydrogens (tertiary/aromatic N) is 3. The van der Waals surface area contributed by atoms with Gasteiger partial charge in [0.25, 0.3) is 17.7 Å². The summed E-state index contributed by atoms with van der Waals surface area (Å²) in [6.45, 7) is 1.54. The van der Waals surface area contributed by atoms with Crippen molar-refractivity contribution in [2.75, 3.05) is 10.6 Å². The maximum absolute atomic E-state index is 14.8. The molecule has 2 amide bonds. The molecule has 1 aliphatic heterocycles. The van der Waals surface area contributed by atoms with Gasteiger partial charge < -0.3 is 16.0 Å². The molecule has 2 aromatic carbocycles. The van der Waals surface area contributed by atoms with Crippen LogP contribution in [0.4, 0.5) is 37.8 Å². The summed E-state index contributed by atoms with van der Waals surface area (Å²) in [6.07, 6.45) is -2.75. The smallest absolute Gasteiger partial charge is 0.347 e. The lowest BCUT2D eigenvalue weighted by atomic mass is 9.88. The van der Waals surface area contributed by atoms with Crippen molar-refractivity contribution in [2.45, 2.75) is 43.9 Å². The van der Waals surface area contributed by atoms with Gasteiger partial charge in [-0.05, 0) is 48.2 Å². The fraction of sp³-hybridized carbons (Fsp3) is 0.241. The van der Waals surface area contributed by atoms with Crippen LogP contribution in [0.5, 0.6) is 0 Å². The molecule has 3 heterocycles. The molecule has 222 valence electrons. The molecule has 1 saturated carbocycles. The minimum Gasteiger partial charge on any atom is -0.347 e. The van der Waals surface area contributed by atoms with Gasteiger partial charge in [-0.1, -0.05) is 12.1 Å². The van der Waals surface area contributed by atoms with Crippen LogP contribution in [0, 0.1) is 5.82 Å². The zero-order chi connectivity index (χ0) is 30.7. The molecule has 8 nitrogen and oxygen atoms in total. The monoisotopic (exact) mass is 600 g/mol. The summed E-state index contributed by atoms with van der Waals surface area (Å²) in [6, 6.07) is 8.43. The van der Waals surface area contributed by atoms with Crippen LogP contribution in [0.15, 0.2) is 72.2 Å². The highest BCUT2D eigenvalue weighted by Gasteiger charge is 2.46. The van der Waals surface area contributed by atoms with Crippen molar-refractivity contribution in [2.24, 2.45) is 0 Å². The zero-order valence-corrected chi connectivity index (χ0v) is 22.3. The van der Waals surface area contributed by atoms with E-state index in [-0.39, 0.29) is 28.3 Å². The van der Waals surface area contributed by atoms with Crippen molar-refractivity contribution in [3.05, 3.63) is 94.8 Å². The fourth-order valence-corrected chi connectivity index (χ4v) is 5.30. The quantitative estimate of drug-likeness (QED) is 0.243. The van der Waals surface area contributed by atoms with Gasteiger partial charge in [0.15, 0.2) is 5.69 Å². The second-order valence-electron chi connectivity index (χ2n) is 10.5. The Kier molecular flexibility index (Phi) is 6.66. The molecule has 1 unspecified atom stereocenters. The van der Waals surface area contributed by atoms with E-state index in [2.05, 4.69) is 26.0 Å². The van der Waals surface area contributed by atoms with Gasteiger partial charge in [-0.15, -0.1) is 0 Å². The highest BCUT2D eigenvalue weighted by atomic mass is 19.4. The van der Waals surface area contributed by atoms with Gasteiger partial charge in [-0.25, -0.2) is 17.9 Å². The van der Waals surface area contributed by atoms with E-state index in [4.69, 9.17) is 0 Å². The van der Waals surface area contributed by atoms with E-state index < -0.39 is 60.2 Å². The molecule has 0 saturated heterocycles. The number of anilines is 2. The maximum Gasteiger partial charge on any atom is 0.419 e. The summed E-state index contributed by atoms with van der Waals surface area (Å²) in [7, 11) is 0. The first-order valence-corrected chi connectivity index (χ1v) is 13.1. The maximum atomic E-state index is 14.8. The van der Waals surface area contributed by atoms with Crippen LogP contribution in [0.25, 0.3) is 10.8 Å². The Balaban J connectivity index is 1.37. The van der Waals surface area contributed by atoms with Crippen molar-refractivity contribution < 1.29 is 35.9 Å². The number of benzene rings is 2. The van der Waals surface area contributed by atoms with Gasteiger partial charge in [0.1, 0.15) is 17.7 Å². The average molecular weight is 601 g/mol. The van der Waals surface area contributed by atoms with E-state index in [1.807, 2.05) is 0 Å². The van der Waals surface area contributed by atoms with Gasteiger partial charge in [0.2, 0.25) is 0 Å². The van der Waals surface area contributed by atoms with Crippen LogP contribution in [0.2, 0.25) is 0 Å². The van der Waals surface area contributed by atoms with Crippen LogP contribution in [-0.4, -0.2) is 38.5 Å². The second-order valence-corrected chi connectivity index (χ2v) is 10.5. The lowest BCUT2D eigenvalue weighted by Gasteiger charge is -2.35. The molecule has 1 aliphatic carbocycles. The standard InChI is InChI=1S/C29H22F6N6O2/c1-14-24(27(43)38-18-4-2-17-13-36-7-6-15(17)8-18)25(16-3-5-20(21(30)9-16)29(33,34)35)41-23(37-14)10-22(40-41)26(42)39-19-11-28(31,32)12-19/h2-10,13,19,25,37H,11-12H2,1H3,(H,38,43)(H,39,42). The Bertz CT molecular complexity index is 1810. The van der Waals surface area contributed by atoms with Gasteiger partial charge in [-0.3, -0.25) is 14.6 Å². The second kappa shape index (κ2) is 10.1. The van der Waals surface area contributed by atoms with Gasteiger partial charge in [0.05, 0.1) is 11.1 Å². The summed E-state index contributed by atoms with van der Waals surface area (Å²) in [5.74, 6) is -5.65. The minimum absolute atomic E-state index is 0.00447. The van der Waals surface area contributed by atoms with Crippen molar-refractivity contribution >= 4 is 34.1 Å². The molecule has 3 N–H and O–H groups in total. The molecule has 0 spiro atoms. The highest BCUT2D eigenvalue weighted by Crippen LogP contribution is 2.40. The molecule has 2 aliphatic rings. The van der Waals surface area contributed by atoms with E-state index in [1.165, 1.54) is 10.7 Å². The predicted octanol–water partition coefficient (Wildman–Crippen LogP) is 6.04. The predicted molar refractivity (Wildman–Crippen MR) is 144 cm³/mol. The van der Waals surface area contributed by atoms with E-state index in [1.54, 1.807) is 43.6 Å². The molecule has 6 rings (SSSR count). The number of amides is 2. The fourth-order valence-electron chi connectivity index (χ4n) is 5.30. The van der Waals surface area contributed by atoms with Crippen LogP contribution in [0.1, 0.15) is 47.4 Å². The normalized spacial score (nSPS) is 18.1. The molecule has 14 heteroatoms. The van der Waals surface area contributed by atoms with Gasteiger partial charge >= 0.3 is 6.18 Å². The van der Waals surface area contributed by atoms with Crippen LogP contribution in [-0.2, 0) is 11.0 Å². The summed E-state index contributed by atoms with van der Waals surface area (Å²) in [5, 5.41) is 14.1. The molecular formula is C29H22F6N6O2. The Hall–Kier alpha value is -4.88. The Morgan fingerprint density at radius 1 is 1.02 bits per heavy atom. The average Bonchev–Trinajstić information content (AvgIpc) is 3.34. The van der Waals surface area contributed by atoms with Gasteiger partial charge in [0, 0.05) is 54.1 Å². The number of alkyl halides is 5. The molecule has 0 radical (unpaired) electrons. The Morgan fingerprint density at radius 3 is 2.49 bits per heavy atom. The van der Waals surface area contributed by atoms with Crippen LogP contribution >= 0.6 is 0 Å². The summed E-state index contributed by atoms with van der Waals surface area (Å²) >= 11 is 0.